The maximum atomic E-state index is 12.1. The van der Waals surface area contributed by atoms with E-state index in [9.17, 15) is 4.79 Å². The summed E-state index contributed by atoms with van der Waals surface area (Å²) in [5.41, 5.74) is 2.47. The quantitative estimate of drug-likeness (QED) is 0.700. The SMILES string of the molecule is O=C(NCc1ccccc1)NC1CCN(Cc2ccc3ccccc3c2)CC1. The first-order chi connectivity index (χ1) is 13.8. The number of urea groups is 1. The molecule has 0 aliphatic carbocycles. The van der Waals surface area contributed by atoms with E-state index in [1.165, 1.54) is 16.3 Å². The molecule has 4 heteroatoms. The lowest BCUT2D eigenvalue weighted by molar-refractivity contribution is 0.186. The van der Waals surface area contributed by atoms with Crippen LogP contribution < -0.4 is 10.6 Å². The molecule has 0 aromatic heterocycles. The monoisotopic (exact) mass is 373 g/mol. The fourth-order valence-corrected chi connectivity index (χ4v) is 3.85. The van der Waals surface area contributed by atoms with Crippen LogP contribution in [0.15, 0.2) is 72.8 Å². The van der Waals surface area contributed by atoms with Crippen LogP contribution in [-0.2, 0) is 13.1 Å². The number of rotatable bonds is 5. The van der Waals surface area contributed by atoms with Gasteiger partial charge in [0, 0.05) is 32.2 Å². The average Bonchev–Trinajstić information content (AvgIpc) is 2.74. The van der Waals surface area contributed by atoms with Crippen LogP contribution in [0.25, 0.3) is 10.8 Å². The molecule has 0 unspecified atom stereocenters. The number of carbonyl (C=O) groups excluding carboxylic acids is 1. The number of nitrogens with one attached hydrogen (secondary N) is 2. The number of amides is 2. The van der Waals surface area contributed by atoms with Gasteiger partial charge in [-0.2, -0.15) is 0 Å². The summed E-state index contributed by atoms with van der Waals surface area (Å²) < 4.78 is 0. The van der Waals surface area contributed by atoms with Crippen LogP contribution in [0.1, 0.15) is 24.0 Å². The van der Waals surface area contributed by atoms with Crippen LogP contribution in [0.5, 0.6) is 0 Å². The van der Waals surface area contributed by atoms with Crippen LogP contribution in [-0.4, -0.2) is 30.1 Å². The summed E-state index contributed by atoms with van der Waals surface area (Å²) in [6.07, 6.45) is 1.98. The Bertz CT molecular complexity index is 917. The number of nitrogens with zero attached hydrogens (tertiary/aromatic N) is 1. The molecule has 28 heavy (non-hydrogen) atoms. The summed E-state index contributed by atoms with van der Waals surface area (Å²) in [5, 5.41) is 8.66. The van der Waals surface area contributed by atoms with Gasteiger partial charge in [-0.05, 0) is 40.8 Å². The van der Waals surface area contributed by atoms with Gasteiger partial charge in [-0.3, -0.25) is 4.90 Å². The third-order valence-electron chi connectivity index (χ3n) is 5.44. The Hall–Kier alpha value is -2.85. The maximum Gasteiger partial charge on any atom is 0.315 e. The highest BCUT2D eigenvalue weighted by molar-refractivity contribution is 5.83. The van der Waals surface area contributed by atoms with E-state index in [4.69, 9.17) is 0 Å². The van der Waals surface area contributed by atoms with Gasteiger partial charge in [0.05, 0.1) is 0 Å². The predicted molar refractivity (Wildman–Crippen MR) is 114 cm³/mol. The predicted octanol–water partition coefficient (Wildman–Crippen LogP) is 4.30. The molecular formula is C24H27N3O. The van der Waals surface area contributed by atoms with Gasteiger partial charge in [0.15, 0.2) is 0 Å². The molecule has 144 valence electrons. The molecule has 0 radical (unpaired) electrons. The van der Waals surface area contributed by atoms with Gasteiger partial charge < -0.3 is 10.6 Å². The van der Waals surface area contributed by atoms with Crippen molar-refractivity contribution in [3.63, 3.8) is 0 Å². The molecule has 4 rings (SSSR count). The zero-order valence-corrected chi connectivity index (χ0v) is 16.1. The first-order valence-electron chi connectivity index (χ1n) is 10.0. The number of carbonyl (C=O) groups is 1. The lowest BCUT2D eigenvalue weighted by atomic mass is 10.0. The Labute approximate surface area is 166 Å². The van der Waals surface area contributed by atoms with Gasteiger partial charge >= 0.3 is 6.03 Å². The molecule has 3 aromatic rings. The van der Waals surface area contributed by atoms with Gasteiger partial charge in [-0.15, -0.1) is 0 Å². The second kappa shape index (κ2) is 8.89. The Kier molecular flexibility index (Phi) is 5.88. The van der Waals surface area contributed by atoms with Crippen LogP contribution in [0.2, 0.25) is 0 Å². The van der Waals surface area contributed by atoms with E-state index in [0.717, 1.165) is 38.0 Å². The molecule has 0 spiro atoms. The number of likely N-dealkylation sites (tertiary alicyclic amines) is 1. The molecule has 1 saturated heterocycles. The summed E-state index contributed by atoms with van der Waals surface area (Å²) in [6.45, 7) is 3.55. The number of piperidine rings is 1. The van der Waals surface area contributed by atoms with Crippen molar-refractivity contribution >= 4 is 16.8 Å². The zero-order valence-electron chi connectivity index (χ0n) is 16.1. The molecule has 2 amide bonds. The molecule has 3 aromatic carbocycles. The molecule has 1 aliphatic rings. The first kappa shape index (κ1) is 18.5. The van der Waals surface area contributed by atoms with Crippen molar-refractivity contribution in [2.45, 2.75) is 32.0 Å². The summed E-state index contributed by atoms with van der Waals surface area (Å²) in [5.74, 6) is 0. The van der Waals surface area contributed by atoms with Gasteiger partial charge in [0.1, 0.15) is 0 Å². The van der Waals surface area contributed by atoms with E-state index in [1.807, 2.05) is 30.3 Å². The van der Waals surface area contributed by atoms with Crippen molar-refractivity contribution in [1.29, 1.82) is 0 Å². The van der Waals surface area contributed by atoms with Gasteiger partial charge in [0.2, 0.25) is 0 Å². The Morgan fingerprint density at radius 2 is 1.57 bits per heavy atom. The van der Waals surface area contributed by atoms with Crippen molar-refractivity contribution < 1.29 is 4.79 Å². The molecule has 0 atom stereocenters. The number of benzene rings is 3. The molecule has 1 fully saturated rings. The highest BCUT2D eigenvalue weighted by Gasteiger charge is 2.20. The van der Waals surface area contributed by atoms with Crippen molar-refractivity contribution in [3.05, 3.63) is 83.9 Å². The molecule has 1 heterocycles. The highest BCUT2D eigenvalue weighted by Crippen LogP contribution is 2.19. The number of hydrogen-bond acceptors (Lipinski definition) is 2. The highest BCUT2D eigenvalue weighted by atomic mass is 16.2. The van der Waals surface area contributed by atoms with E-state index in [0.29, 0.717) is 6.54 Å². The van der Waals surface area contributed by atoms with Crippen molar-refractivity contribution in [3.8, 4) is 0 Å². The number of hydrogen-bond donors (Lipinski definition) is 2. The van der Waals surface area contributed by atoms with Crippen LogP contribution in [0, 0.1) is 0 Å². The summed E-state index contributed by atoms with van der Waals surface area (Å²) >= 11 is 0. The lowest BCUT2D eigenvalue weighted by Crippen LogP contribution is -2.47. The molecule has 1 aliphatic heterocycles. The summed E-state index contributed by atoms with van der Waals surface area (Å²) in [7, 11) is 0. The topological polar surface area (TPSA) is 44.4 Å². The lowest BCUT2D eigenvalue weighted by Gasteiger charge is -2.32. The molecule has 4 nitrogen and oxygen atoms in total. The normalized spacial score (nSPS) is 15.4. The van der Waals surface area contributed by atoms with Crippen molar-refractivity contribution in [1.82, 2.24) is 15.5 Å². The second-order valence-electron chi connectivity index (χ2n) is 7.54. The fraction of sp³-hybridized carbons (Fsp3) is 0.292. The second-order valence-corrected chi connectivity index (χ2v) is 7.54. The van der Waals surface area contributed by atoms with Gasteiger partial charge in [-0.25, -0.2) is 4.79 Å². The van der Waals surface area contributed by atoms with Gasteiger partial charge in [0.25, 0.3) is 0 Å². The Morgan fingerprint density at radius 1 is 0.857 bits per heavy atom. The molecular weight excluding hydrogens is 346 g/mol. The van der Waals surface area contributed by atoms with Gasteiger partial charge in [-0.1, -0.05) is 66.7 Å². The largest absolute Gasteiger partial charge is 0.335 e. The molecule has 2 N–H and O–H groups in total. The van der Waals surface area contributed by atoms with E-state index in [-0.39, 0.29) is 12.1 Å². The van der Waals surface area contributed by atoms with Crippen LogP contribution in [0.3, 0.4) is 0 Å². The third-order valence-corrected chi connectivity index (χ3v) is 5.44. The Morgan fingerprint density at radius 3 is 2.36 bits per heavy atom. The minimum absolute atomic E-state index is 0.0724. The van der Waals surface area contributed by atoms with Crippen LogP contribution >= 0.6 is 0 Å². The fourth-order valence-electron chi connectivity index (χ4n) is 3.85. The Balaban J connectivity index is 1.22. The van der Waals surface area contributed by atoms with Crippen LogP contribution in [0.4, 0.5) is 4.79 Å². The van der Waals surface area contributed by atoms with E-state index in [2.05, 4.69) is 58.0 Å². The summed E-state index contributed by atoms with van der Waals surface area (Å²) in [6, 6.07) is 25.4. The zero-order chi connectivity index (χ0) is 19.2. The molecule has 0 bridgehead atoms. The molecule has 0 saturated carbocycles. The number of fused-ring (bicyclic) bond motifs is 1. The smallest absolute Gasteiger partial charge is 0.315 e. The summed E-state index contributed by atoms with van der Waals surface area (Å²) in [4.78, 5) is 14.6. The van der Waals surface area contributed by atoms with Crippen molar-refractivity contribution in [2.75, 3.05) is 13.1 Å². The van der Waals surface area contributed by atoms with E-state index >= 15 is 0 Å². The standard InChI is InChI=1S/C24H27N3O/c28-24(25-17-19-6-2-1-3-7-19)26-23-12-14-27(15-13-23)18-20-10-11-21-8-4-5-9-22(21)16-20/h1-11,16,23H,12-15,17-18H2,(H2,25,26,28). The third kappa shape index (κ3) is 4.90. The van der Waals surface area contributed by atoms with E-state index < -0.39 is 0 Å². The maximum absolute atomic E-state index is 12.1. The average molecular weight is 374 g/mol. The first-order valence-corrected chi connectivity index (χ1v) is 10.0. The minimum atomic E-state index is -0.0724. The minimum Gasteiger partial charge on any atom is -0.335 e. The van der Waals surface area contributed by atoms with E-state index in [1.54, 1.807) is 0 Å². The van der Waals surface area contributed by atoms with Crippen molar-refractivity contribution in [2.24, 2.45) is 0 Å².